The monoisotopic (exact) mass is 254 g/mol. The molecule has 2 heterocycles. The fraction of sp³-hybridized carbons (Fsp3) is 0. The van der Waals surface area contributed by atoms with Crippen LogP contribution in [0.3, 0.4) is 0 Å². The molecule has 0 amide bonds. The molecule has 0 saturated carbocycles. The number of hydrogen-bond donors (Lipinski definition) is 0. The summed E-state index contributed by atoms with van der Waals surface area (Å²) < 4.78 is 0. The van der Waals surface area contributed by atoms with Gasteiger partial charge in [0, 0.05) is 0 Å². The van der Waals surface area contributed by atoms with E-state index in [2.05, 4.69) is 30.6 Å². The Balaban J connectivity index is 2.13. The lowest BCUT2D eigenvalue weighted by Crippen LogP contribution is -1.95. The van der Waals surface area contributed by atoms with Gasteiger partial charge in [0.15, 0.2) is 0 Å². The summed E-state index contributed by atoms with van der Waals surface area (Å²) in [6.45, 7) is 0. The molecule has 0 bridgehead atoms. The topological polar surface area (TPSA) is 172 Å². The summed E-state index contributed by atoms with van der Waals surface area (Å²) in [4.78, 5) is 26.9. The van der Waals surface area contributed by atoms with Crippen molar-refractivity contribution < 1.29 is 9.85 Å². The molecule has 92 valence electrons. The Morgan fingerprint density at radius 2 is 1.33 bits per heavy atom. The van der Waals surface area contributed by atoms with E-state index in [1.807, 2.05) is 0 Å². The summed E-state index contributed by atoms with van der Waals surface area (Å²) in [5.41, 5.74) is 0. The van der Waals surface area contributed by atoms with Crippen molar-refractivity contribution >= 4 is 11.9 Å². The van der Waals surface area contributed by atoms with Crippen LogP contribution in [0.15, 0.2) is 23.1 Å². The van der Waals surface area contributed by atoms with Crippen molar-refractivity contribution in [1.82, 2.24) is 29.7 Å². The molecule has 0 aliphatic rings. The van der Waals surface area contributed by atoms with Crippen LogP contribution in [0.1, 0.15) is 0 Å². The highest BCUT2D eigenvalue weighted by molar-refractivity contribution is 4.97. The molecule has 0 aromatic carbocycles. The molecule has 0 fully saturated rings. The van der Waals surface area contributed by atoms with E-state index in [0.29, 0.717) is 9.58 Å². The molecular weight excluding hydrogens is 252 g/mol. The van der Waals surface area contributed by atoms with E-state index in [0.717, 1.165) is 12.7 Å². The number of aromatic nitrogens is 6. The number of nitrogens with zero attached hydrogens (tertiary/aromatic N) is 10. The van der Waals surface area contributed by atoms with Crippen molar-refractivity contribution in [3.63, 3.8) is 0 Å². The second kappa shape index (κ2) is 4.28. The van der Waals surface area contributed by atoms with Crippen LogP contribution in [0.25, 0.3) is 0 Å². The van der Waals surface area contributed by atoms with Gasteiger partial charge >= 0.3 is 11.9 Å². The molecule has 0 spiro atoms. The molecule has 0 atom stereocenters. The van der Waals surface area contributed by atoms with Gasteiger partial charge in [-0.2, -0.15) is 0 Å². The maximum atomic E-state index is 10.3. The Hall–Kier alpha value is -3.32. The predicted molar refractivity (Wildman–Crippen MR) is 49.0 cm³/mol. The Kier molecular flexibility index (Phi) is 2.65. The van der Waals surface area contributed by atoms with E-state index < -0.39 is 21.7 Å². The number of rotatable bonds is 4. The van der Waals surface area contributed by atoms with Crippen molar-refractivity contribution in [1.29, 1.82) is 0 Å². The highest BCUT2D eigenvalue weighted by Gasteiger charge is 2.14. The van der Waals surface area contributed by atoms with Gasteiger partial charge in [-0.05, 0) is 39.8 Å². The Morgan fingerprint density at radius 3 is 1.61 bits per heavy atom. The molecule has 0 aliphatic carbocycles. The van der Waals surface area contributed by atoms with Crippen LogP contribution in [-0.2, 0) is 0 Å². The van der Waals surface area contributed by atoms with Crippen LogP contribution < -0.4 is 0 Å². The first-order chi connectivity index (χ1) is 8.56. The van der Waals surface area contributed by atoms with Gasteiger partial charge in [0.05, 0.1) is 10.2 Å². The van der Waals surface area contributed by atoms with E-state index >= 15 is 0 Å². The third-order valence-corrected chi connectivity index (χ3v) is 1.49. The minimum atomic E-state index is -0.813. The maximum Gasteiger partial charge on any atom is 0.492 e. The molecule has 0 saturated heterocycles. The minimum Gasteiger partial charge on any atom is -0.390 e. The minimum absolute atomic E-state index is 0.654. The molecule has 14 nitrogen and oxygen atoms in total. The quantitative estimate of drug-likeness (QED) is 0.393. The largest absolute Gasteiger partial charge is 0.492 e. The van der Waals surface area contributed by atoms with E-state index in [1.54, 1.807) is 0 Å². The van der Waals surface area contributed by atoms with Gasteiger partial charge in [0.25, 0.3) is 0 Å². The highest BCUT2D eigenvalue weighted by Crippen LogP contribution is 2.01. The first kappa shape index (κ1) is 11.2. The first-order valence-electron chi connectivity index (χ1n) is 4.10. The summed E-state index contributed by atoms with van der Waals surface area (Å²) in [5.74, 6) is -1.31. The summed E-state index contributed by atoms with van der Waals surface area (Å²) in [5, 5.41) is 33.9. The summed E-state index contributed by atoms with van der Waals surface area (Å²) in [6.07, 6.45) is 1.87. The molecule has 2 aromatic heterocycles. The van der Waals surface area contributed by atoms with Gasteiger partial charge in [0.2, 0.25) is 12.7 Å². The molecule has 2 rings (SSSR count). The molecular formula is C4H2N10O4. The van der Waals surface area contributed by atoms with E-state index in [9.17, 15) is 20.2 Å². The standard InChI is InChI=1S/C4H2N10O4/c15-13(16)3-5-1-11(7-3)9-10-12-2-6-4(8-12)14(17)18/h1-2H/b10-9+. The second-order valence-corrected chi connectivity index (χ2v) is 2.62. The van der Waals surface area contributed by atoms with Crippen molar-refractivity contribution in [2.75, 3.05) is 0 Å². The van der Waals surface area contributed by atoms with E-state index in [1.165, 1.54) is 0 Å². The molecule has 2 aromatic rings. The van der Waals surface area contributed by atoms with Crippen LogP contribution in [0.4, 0.5) is 11.9 Å². The SMILES string of the molecule is O=[N+]([O-])c1ncn(/N=N/n2cnc([N+](=O)[O-])n2)n1. The Morgan fingerprint density at radius 1 is 0.944 bits per heavy atom. The van der Waals surface area contributed by atoms with Crippen molar-refractivity contribution in [3.05, 3.63) is 32.9 Å². The highest BCUT2D eigenvalue weighted by atomic mass is 16.6. The molecule has 0 unspecified atom stereocenters. The lowest BCUT2D eigenvalue weighted by atomic mass is 11.1. The van der Waals surface area contributed by atoms with Crippen LogP contribution in [0.5, 0.6) is 0 Å². The van der Waals surface area contributed by atoms with Gasteiger partial charge in [-0.3, -0.25) is 0 Å². The third-order valence-electron chi connectivity index (χ3n) is 1.49. The van der Waals surface area contributed by atoms with Gasteiger partial charge in [-0.15, -0.1) is 0 Å². The normalized spacial score (nSPS) is 10.9. The zero-order chi connectivity index (χ0) is 13.1. The van der Waals surface area contributed by atoms with Crippen molar-refractivity contribution in [3.8, 4) is 0 Å². The Bertz CT molecular complexity index is 571. The first-order valence-corrected chi connectivity index (χ1v) is 4.10. The number of hydrogen-bond acceptors (Lipinski definition) is 10. The zero-order valence-corrected chi connectivity index (χ0v) is 8.26. The van der Waals surface area contributed by atoms with Gasteiger partial charge in [-0.1, -0.05) is 0 Å². The summed E-state index contributed by atoms with van der Waals surface area (Å²) in [7, 11) is 0. The van der Waals surface area contributed by atoms with Crippen LogP contribution in [0, 0.1) is 20.2 Å². The Labute approximate surface area is 95.8 Å². The van der Waals surface area contributed by atoms with Crippen molar-refractivity contribution in [2.45, 2.75) is 0 Å². The fourth-order valence-electron chi connectivity index (χ4n) is 0.829. The molecule has 0 radical (unpaired) electrons. The predicted octanol–water partition coefficient (Wildman–Crippen LogP) is -0.635. The number of nitro groups is 2. The van der Waals surface area contributed by atoms with Crippen LogP contribution >= 0.6 is 0 Å². The molecule has 14 heteroatoms. The van der Waals surface area contributed by atoms with Crippen molar-refractivity contribution in [2.24, 2.45) is 10.4 Å². The van der Waals surface area contributed by atoms with Gasteiger partial charge < -0.3 is 20.2 Å². The second-order valence-electron chi connectivity index (χ2n) is 2.62. The average Bonchev–Trinajstić information content (AvgIpc) is 2.95. The zero-order valence-electron chi connectivity index (χ0n) is 8.26. The van der Waals surface area contributed by atoms with Crippen LogP contribution in [0.2, 0.25) is 0 Å². The van der Waals surface area contributed by atoms with Gasteiger partial charge in [-0.25, -0.2) is 0 Å². The average molecular weight is 254 g/mol. The maximum absolute atomic E-state index is 10.3. The van der Waals surface area contributed by atoms with E-state index in [-0.39, 0.29) is 0 Å². The van der Waals surface area contributed by atoms with Gasteiger partial charge in [0.1, 0.15) is 0 Å². The lowest BCUT2D eigenvalue weighted by molar-refractivity contribution is -0.394. The van der Waals surface area contributed by atoms with Crippen LogP contribution in [-0.4, -0.2) is 39.6 Å². The lowest BCUT2D eigenvalue weighted by Gasteiger charge is -1.83. The molecule has 18 heavy (non-hydrogen) atoms. The molecule has 0 aliphatic heterocycles. The smallest absolute Gasteiger partial charge is 0.390 e. The fourth-order valence-corrected chi connectivity index (χ4v) is 0.829. The summed E-state index contributed by atoms with van der Waals surface area (Å²) in [6, 6.07) is 0. The van der Waals surface area contributed by atoms with E-state index in [4.69, 9.17) is 0 Å². The molecule has 0 N–H and O–H groups in total. The summed E-state index contributed by atoms with van der Waals surface area (Å²) >= 11 is 0. The third kappa shape index (κ3) is 2.26.